The van der Waals surface area contributed by atoms with Crippen LogP contribution in [0.4, 0.5) is 5.82 Å². The van der Waals surface area contributed by atoms with Crippen LogP contribution in [0.25, 0.3) is 11.0 Å². The molecule has 0 fully saturated rings. The molecule has 144 valence electrons. The summed E-state index contributed by atoms with van der Waals surface area (Å²) < 4.78 is 11.1. The van der Waals surface area contributed by atoms with Crippen molar-refractivity contribution in [2.24, 2.45) is 0 Å². The van der Waals surface area contributed by atoms with E-state index >= 15 is 0 Å². The number of aryl methyl sites for hydroxylation is 2. The van der Waals surface area contributed by atoms with Gasteiger partial charge in [0, 0.05) is 17.3 Å². The second kappa shape index (κ2) is 6.28. The highest BCUT2D eigenvalue weighted by molar-refractivity contribution is 6.32. The number of rotatable bonds is 2. The van der Waals surface area contributed by atoms with Crippen LogP contribution in [0.1, 0.15) is 39.2 Å². The van der Waals surface area contributed by atoms with E-state index in [9.17, 15) is 9.59 Å². The van der Waals surface area contributed by atoms with Crippen molar-refractivity contribution in [2.45, 2.75) is 19.9 Å². The van der Waals surface area contributed by atoms with Gasteiger partial charge in [-0.3, -0.25) is 19.5 Å². The van der Waals surface area contributed by atoms with E-state index in [2.05, 4.69) is 10.1 Å². The molecule has 7 nitrogen and oxygen atoms in total. The molecular weight excluding hydrogens is 394 g/mol. The quantitative estimate of drug-likeness (QED) is 0.494. The Balaban J connectivity index is 1.84. The first-order valence-corrected chi connectivity index (χ1v) is 9.28. The van der Waals surface area contributed by atoms with E-state index in [1.807, 2.05) is 0 Å². The molecule has 1 aliphatic heterocycles. The molecule has 29 heavy (non-hydrogen) atoms. The van der Waals surface area contributed by atoms with E-state index in [0.717, 1.165) is 5.56 Å². The highest BCUT2D eigenvalue weighted by atomic mass is 35.5. The SMILES string of the molecule is Cc1cc(N2C(=O)c3oc4cc(C)c(Cl)cc4c(=O)c3[C@H]2c2ccccn2)no1. The maximum absolute atomic E-state index is 13.4. The summed E-state index contributed by atoms with van der Waals surface area (Å²) in [6.45, 7) is 3.53. The van der Waals surface area contributed by atoms with Crippen molar-refractivity contribution in [3.8, 4) is 0 Å². The minimum absolute atomic E-state index is 0.0273. The Labute approximate surface area is 169 Å². The van der Waals surface area contributed by atoms with Crippen molar-refractivity contribution in [1.82, 2.24) is 10.1 Å². The predicted octanol–water partition coefficient (Wildman–Crippen LogP) is 4.20. The van der Waals surface area contributed by atoms with Gasteiger partial charge in [-0.1, -0.05) is 22.8 Å². The Kier molecular flexibility index (Phi) is 3.82. The number of pyridine rings is 1. The lowest BCUT2D eigenvalue weighted by atomic mass is 10.0. The molecule has 0 unspecified atom stereocenters. The lowest BCUT2D eigenvalue weighted by Crippen LogP contribution is -2.30. The summed E-state index contributed by atoms with van der Waals surface area (Å²) in [6.07, 6.45) is 1.60. The van der Waals surface area contributed by atoms with E-state index in [1.54, 1.807) is 56.4 Å². The van der Waals surface area contributed by atoms with Crippen LogP contribution in [0.2, 0.25) is 5.02 Å². The van der Waals surface area contributed by atoms with Gasteiger partial charge in [0.15, 0.2) is 11.2 Å². The first kappa shape index (κ1) is 17.6. The summed E-state index contributed by atoms with van der Waals surface area (Å²) >= 11 is 6.23. The van der Waals surface area contributed by atoms with Gasteiger partial charge in [-0.05, 0) is 43.7 Å². The molecule has 0 bridgehead atoms. The first-order chi connectivity index (χ1) is 14.0. The summed E-state index contributed by atoms with van der Waals surface area (Å²) in [5.41, 5.74) is 1.46. The summed E-state index contributed by atoms with van der Waals surface area (Å²) in [7, 11) is 0. The molecule has 0 saturated heterocycles. The number of anilines is 1. The monoisotopic (exact) mass is 407 g/mol. The minimum Gasteiger partial charge on any atom is -0.450 e. The summed E-state index contributed by atoms with van der Waals surface area (Å²) in [5, 5.41) is 4.73. The van der Waals surface area contributed by atoms with Crippen LogP contribution in [0, 0.1) is 13.8 Å². The van der Waals surface area contributed by atoms with Gasteiger partial charge in [-0.15, -0.1) is 0 Å². The summed E-state index contributed by atoms with van der Waals surface area (Å²) in [5.74, 6) is 0.318. The Bertz CT molecular complexity index is 1340. The second-order valence-electron chi connectivity index (χ2n) is 6.90. The normalized spacial score (nSPS) is 15.9. The average Bonchev–Trinajstić information content (AvgIpc) is 3.26. The van der Waals surface area contributed by atoms with E-state index in [4.69, 9.17) is 20.5 Å². The largest absolute Gasteiger partial charge is 0.450 e. The number of aromatic nitrogens is 2. The third-order valence-electron chi connectivity index (χ3n) is 4.98. The number of nitrogens with zero attached hydrogens (tertiary/aromatic N) is 3. The number of halogens is 1. The molecule has 0 N–H and O–H groups in total. The van der Waals surface area contributed by atoms with Gasteiger partial charge in [0.25, 0.3) is 5.91 Å². The number of carbonyl (C=O) groups is 1. The molecule has 0 spiro atoms. The number of carbonyl (C=O) groups excluding carboxylic acids is 1. The zero-order valence-electron chi connectivity index (χ0n) is 15.5. The lowest BCUT2D eigenvalue weighted by Gasteiger charge is -2.21. The average molecular weight is 408 g/mol. The van der Waals surface area contributed by atoms with Gasteiger partial charge in [-0.25, -0.2) is 0 Å². The number of amides is 1. The van der Waals surface area contributed by atoms with E-state index in [-0.39, 0.29) is 22.6 Å². The Morgan fingerprint density at radius 2 is 1.97 bits per heavy atom. The predicted molar refractivity (Wildman–Crippen MR) is 106 cm³/mol. The summed E-state index contributed by atoms with van der Waals surface area (Å²) in [6, 6.07) is 9.37. The molecule has 0 radical (unpaired) electrons. The standard InChI is InChI=1S/C21H14ClN3O4/c1-10-7-15-12(9-13(10)22)19(26)17-18(14-5-3-4-6-23-14)25(21(27)20(17)28-15)16-8-11(2)29-24-16/h3-9,18H,1-2H3/t18-/m1/s1. The van der Waals surface area contributed by atoms with Crippen LogP contribution in [-0.2, 0) is 0 Å². The third-order valence-corrected chi connectivity index (χ3v) is 5.39. The maximum Gasteiger partial charge on any atom is 0.296 e. The second-order valence-corrected chi connectivity index (χ2v) is 7.31. The van der Waals surface area contributed by atoms with Crippen molar-refractivity contribution in [1.29, 1.82) is 0 Å². The number of hydrogen-bond donors (Lipinski definition) is 0. The third kappa shape index (κ3) is 2.58. The number of benzene rings is 1. The molecule has 0 saturated carbocycles. The zero-order chi connectivity index (χ0) is 20.3. The van der Waals surface area contributed by atoms with E-state index < -0.39 is 11.9 Å². The highest BCUT2D eigenvalue weighted by Crippen LogP contribution is 2.40. The van der Waals surface area contributed by atoms with Crippen molar-refractivity contribution < 1.29 is 13.7 Å². The Morgan fingerprint density at radius 3 is 2.66 bits per heavy atom. The molecule has 8 heteroatoms. The number of fused-ring (bicyclic) bond motifs is 2. The van der Waals surface area contributed by atoms with Crippen molar-refractivity contribution in [3.63, 3.8) is 0 Å². The van der Waals surface area contributed by atoms with E-state index in [0.29, 0.717) is 27.4 Å². The lowest BCUT2D eigenvalue weighted by molar-refractivity contribution is 0.0969. The molecule has 4 aromatic rings. The zero-order valence-corrected chi connectivity index (χ0v) is 16.2. The van der Waals surface area contributed by atoms with Gasteiger partial charge < -0.3 is 8.94 Å². The molecule has 0 aliphatic carbocycles. The number of hydrogen-bond acceptors (Lipinski definition) is 6. The first-order valence-electron chi connectivity index (χ1n) is 8.90. The van der Waals surface area contributed by atoms with Crippen LogP contribution in [0.3, 0.4) is 0 Å². The smallest absolute Gasteiger partial charge is 0.296 e. The van der Waals surface area contributed by atoms with Gasteiger partial charge in [0.1, 0.15) is 17.4 Å². The molecule has 1 aliphatic rings. The fourth-order valence-electron chi connectivity index (χ4n) is 3.61. The van der Waals surface area contributed by atoms with Crippen LogP contribution in [0.5, 0.6) is 0 Å². The van der Waals surface area contributed by atoms with E-state index in [1.165, 1.54) is 4.90 Å². The van der Waals surface area contributed by atoms with Gasteiger partial charge in [0.2, 0.25) is 5.76 Å². The fourth-order valence-corrected chi connectivity index (χ4v) is 3.78. The van der Waals surface area contributed by atoms with Crippen molar-refractivity contribution >= 4 is 34.3 Å². The van der Waals surface area contributed by atoms with Crippen LogP contribution >= 0.6 is 11.6 Å². The van der Waals surface area contributed by atoms with Gasteiger partial charge in [0.05, 0.1) is 16.6 Å². The highest BCUT2D eigenvalue weighted by Gasteiger charge is 2.45. The van der Waals surface area contributed by atoms with Crippen LogP contribution < -0.4 is 10.3 Å². The minimum atomic E-state index is -0.788. The molecular formula is C21H14ClN3O4. The molecule has 1 aromatic carbocycles. The van der Waals surface area contributed by atoms with Gasteiger partial charge in [-0.2, -0.15) is 0 Å². The fraction of sp³-hybridized carbons (Fsp3) is 0.143. The van der Waals surface area contributed by atoms with Crippen LogP contribution in [0.15, 0.2) is 56.3 Å². The maximum atomic E-state index is 13.4. The van der Waals surface area contributed by atoms with Crippen LogP contribution in [-0.4, -0.2) is 16.0 Å². The summed E-state index contributed by atoms with van der Waals surface area (Å²) in [4.78, 5) is 32.5. The Morgan fingerprint density at radius 1 is 1.14 bits per heavy atom. The van der Waals surface area contributed by atoms with Crippen molar-refractivity contribution in [2.75, 3.05) is 4.90 Å². The molecule has 4 heterocycles. The molecule has 5 rings (SSSR count). The molecule has 1 amide bonds. The molecule has 3 aromatic heterocycles. The Hall–Kier alpha value is -3.45. The topological polar surface area (TPSA) is 89.4 Å². The van der Waals surface area contributed by atoms with Gasteiger partial charge >= 0.3 is 0 Å². The van der Waals surface area contributed by atoms with Crippen molar-refractivity contribution in [3.05, 3.63) is 86.2 Å². The molecule has 1 atom stereocenters.